The van der Waals surface area contributed by atoms with E-state index in [9.17, 15) is 9.90 Å². The summed E-state index contributed by atoms with van der Waals surface area (Å²) in [7, 11) is 0. The maximum atomic E-state index is 11.6. The van der Waals surface area contributed by atoms with Crippen LogP contribution in [-0.2, 0) is 4.79 Å². The summed E-state index contributed by atoms with van der Waals surface area (Å²) in [5.41, 5.74) is 2.50. The van der Waals surface area contributed by atoms with Crippen LogP contribution in [0.25, 0.3) is 0 Å². The van der Waals surface area contributed by atoms with Gasteiger partial charge in [0, 0.05) is 28.3 Å². The Hall–Kier alpha value is -1.07. The molecule has 0 spiro atoms. The first-order valence-electron chi connectivity index (χ1n) is 7.20. The Labute approximate surface area is 127 Å². The number of fused-ring (bicyclic) bond motifs is 1. The first-order chi connectivity index (χ1) is 9.61. The minimum absolute atomic E-state index is 0.340. The highest BCUT2D eigenvalue weighted by Gasteiger charge is 2.31. The topological polar surface area (TPSA) is 52.6 Å². The fourth-order valence-corrected chi connectivity index (χ4v) is 3.90. The molecule has 1 aromatic rings. The quantitative estimate of drug-likeness (QED) is 0.889. The maximum Gasteiger partial charge on any atom is 0.257 e. The zero-order valence-corrected chi connectivity index (χ0v) is 13.1. The summed E-state index contributed by atoms with van der Waals surface area (Å²) in [6, 6.07) is 4.43. The number of anilines is 2. The Balaban J connectivity index is 1.98. The second-order valence-electron chi connectivity index (χ2n) is 5.51. The van der Waals surface area contributed by atoms with Gasteiger partial charge in [0.1, 0.15) is 0 Å². The lowest BCUT2D eigenvalue weighted by atomic mass is 10.1. The van der Waals surface area contributed by atoms with Crippen molar-refractivity contribution in [3.8, 4) is 0 Å². The highest BCUT2D eigenvalue weighted by atomic mass is 79.9. The molecule has 0 bridgehead atoms. The molecular weight excluding hydrogens is 320 g/mol. The lowest BCUT2D eigenvalue weighted by Crippen LogP contribution is -2.33. The highest BCUT2D eigenvalue weighted by molar-refractivity contribution is 9.10. The molecular formula is C15H19BrN2O2. The molecule has 5 heteroatoms. The van der Waals surface area contributed by atoms with Crippen LogP contribution < -0.4 is 10.2 Å². The zero-order chi connectivity index (χ0) is 14.3. The molecule has 2 N–H and O–H groups in total. The van der Waals surface area contributed by atoms with Crippen molar-refractivity contribution in [1.29, 1.82) is 0 Å². The molecule has 1 atom stereocenters. The molecule has 1 fully saturated rings. The van der Waals surface area contributed by atoms with Gasteiger partial charge in [-0.2, -0.15) is 0 Å². The first-order valence-corrected chi connectivity index (χ1v) is 8.00. The molecule has 0 radical (unpaired) electrons. The van der Waals surface area contributed by atoms with Gasteiger partial charge in [-0.15, -0.1) is 0 Å². The Morgan fingerprint density at radius 2 is 2.10 bits per heavy atom. The van der Waals surface area contributed by atoms with Crippen molar-refractivity contribution < 1.29 is 9.90 Å². The first kappa shape index (κ1) is 13.9. The van der Waals surface area contributed by atoms with Crippen molar-refractivity contribution in [3.05, 3.63) is 22.2 Å². The molecule has 0 aromatic heterocycles. The largest absolute Gasteiger partial charge is 0.378 e. The summed E-state index contributed by atoms with van der Waals surface area (Å²) in [6.45, 7) is 3.10. The van der Waals surface area contributed by atoms with Crippen LogP contribution >= 0.6 is 15.9 Å². The molecule has 3 rings (SSSR count). The van der Waals surface area contributed by atoms with Crippen molar-refractivity contribution in [3.63, 3.8) is 0 Å². The number of carbonyl (C=O) groups excluding carboxylic acids is 1. The van der Waals surface area contributed by atoms with E-state index in [1.807, 2.05) is 12.1 Å². The van der Waals surface area contributed by atoms with Gasteiger partial charge in [-0.1, -0.05) is 12.8 Å². The van der Waals surface area contributed by atoms with E-state index in [1.165, 1.54) is 25.7 Å². The molecule has 1 amide bonds. The summed E-state index contributed by atoms with van der Waals surface area (Å²) in [4.78, 5) is 14.0. The predicted octanol–water partition coefficient (Wildman–Crippen LogP) is 3.20. The van der Waals surface area contributed by atoms with E-state index in [1.54, 1.807) is 0 Å². The van der Waals surface area contributed by atoms with E-state index < -0.39 is 6.10 Å². The number of carbonyl (C=O) groups is 1. The number of halogens is 1. The smallest absolute Gasteiger partial charge is 0.257 e. The second-order valence-corrected chi connectivity index (χ2v) is 6.36. The zero-order valence-electron chi connectivity index (χ0n) is 11.5. The van der Waals surface area contributed by atoms with Gasteiger partial charge in [-0.3, -0.25) is 4.79 Å². The van der Waals surface area contributed by atoms with E-state index in [0.717, 1.165) is 22.4 Å². The standard InChI is InChI=1S/C15H19BrN2O2/c1-2-18(9-5-3-4-6-9)13-8-12-10(7-11(13)16)14(19)15(20)17-12/h7-9,14,19H,2-6H2,1H3,(H,17,20). The molecule has 108 valence electrons. The predicted molar refractivity (Wildman–Crippen MR) is 83.0 cm³/mol. The average molecular weight is 339 g/mol. The Kier molecular flexibility index (Phi) is 3.73. The van der Waals surface area contributed by atoms with E-state index in [2.05, 4.69) is 33.1 Å². The van der Waals surface area contributed by atoms with E-state index in [4.69, 9.17) is 0 Å². The molecule has 0 saturated heterocycles. The van der Waals surface area contributed by atoms with Gasteiger partial charge in [0.25, 0.3) is 5.91 Å². The summed E-state index contributed by atoms with van der Waals surface area (Å²) in [6.07, 6.45) is 3.99. The van der Waals surface area contributed by atoms with Gasteiger partial charge in [0.15, 0.2) is 6.10 Å². The summed E-state index contributed by atoms with van der Waals surface area (Å²) >= 11 is 3.59. The number of aliphatic hydroxyl groups is 1. The lowest BCUT2D eigenvalue weighted by molar-refractivity contribution is -0.123. The van der Waals surface area contributed by atoms with Crippen LogP contribution in [0.15, 0.2) is 16.6 Å². The third-order valence-corrected chi connectivity index (χ3v) is 4.97. The van der Waals surface area contributed by atoms with Crippen LogP contribution in [0.3, 0.4) is 0 Å². The number of nitrogens with one attached hydrogen (secondary N) is 1. The summed E-state index contributed by atoms with van der Waals surface area (Å²) in [5.74, 6) is -0.340. The van der Waals surface area contributed by atoms with Crippen molar-refractivity contribution in [2.24, 2.45) is 0 Å². The molecule has 2 aliphatic rings. The van der Waals surface area contributed by atoms with Crippen LogP contribution in [0.2, 0.25) is 0 Å². The molecule has 1 saturated carbocycles. The fourth-order valence-electron chi connectivity index (χ4n) is 3.32. The third kappa shape index (κ3) is 2.23. The Morgan fingerprint density at radius 3 is 2.75 bits per heavy atom. The van der Waals surface area contributed by atoms with Gasteiger partial charge in [-0.25, -0.2) is 0 Å². The maximum absolute atomic E-state index is 11.6. The Bertz CT molecular complexity index is 541. The number of aliphatic hydroxyl groups excluding tert-OH is 1. The molecule has 1 aliphatic carbocycles. The van der Waals surface area contributed by atoms with Gasteiger partial charge in [0.05, 0.1) is 5.69 Å². The van der Waals surface area contributed by atoms with Crippen LogP contribution in [0, 0.1) is 0 Å². The number of benzene rings is 1. The van der Waals surface area contributed by atoms with Crippen molar-refractivity contribution in [2.45, 2.75) is 44.8 Å². The van der Waals surface area contributed by atoms with Gasteiger partial charge in [0.2, 0.25) is 0 Å². The van der Waals surface area contributed by atoms with Gasteiger partial charge in [-0.05, 0) is 47.8 Å². The monoisotopic (exact) mass is 338 g/mol. The number of hydrogen-bond donors (Lipinski definition) is 2. The third-order valence-electron chi connectivity index (χ3n) is 4.34. The highest BCUT2D eigenvalue weighted by Crippen LogP contribution is 2.40. The van der Waals surface area contributed by atoms with Crippen LogP contribution in [0.4, 0.5) is 11.4 Å². The summed E-state index contributed by atoms with van der Waals surface area (Å²) in [5, 5.41) is 12.6. The number of nitrogens with zero attached hydrogens (tertiary/aromatic N) is 1. The fraction of sp³-hybridized carbons (Fsp3) is 0.533. The van der Waals surface area contributed by atoms with E-state index >= 15 is 0 Å². The Morgan fingerprint density at radius 1 is 1.40 bits per heavy atom. The van der Waals surface area contributed by atoms with E-state index in [0.29, 0.717) is 11.6 Å². The number of rotatable bonds is 3. The molecule has 20 heavy (non-hydrogen) atoms. The minimum Gasteiger partial charge on any atom is -0.378 e. The molecule has 1 heterocycles. The van der Waals surface area contributed by atoms with Crippen molar-refractivity contribution in [1.82, 2.24) is 0 Å². The second kappa shape index (κ2) is 5.37. The SMILES string of the molecule is CCN(c1cc2c(cc1Br)C(O)C(=O)N2)C1CCCC1. The van der Waals surface area contributed by atoms with Gasteiger partial charge < -0.3 is 15.3 Å². The van der Waals surface area contributed by atoms with Gasteiger partial charge >= 0.3 is 0 Å². The van der Waals surface area contributed by atoms with Crippen LogP contribution in [0.1, 0.15) is 44.3 Å². The van der Waals surface area contributed by atoms with Crippen LogP contribution in [-0.4, -0.2) is 23.6 Å². The normalized spacial score (nSPS) is 21.9. The summed E-state index contributed by atoms with van der Waals surface area (Å²) < 4.78 is 0.945. The van der Waals surface area contributed by atoms with E-state index in [-0.39, 0.29) is 5.91 Å². The number of hydrogen-bond acceptors (Lipinski definition) is 3. The molecule has 1 aromatic carbocycles. The van der Waals surface area contributed by atoms with Crippen LogP contribution in [0.5, 0.6) is 0 Å². The minimum atomic E-state index is -1.04. The molecule has 4 nitrogen and oxygen atoms in total. The number of amides is 1. The molecule has 1 unspecified atom stereocenters. The lowest BCUT2D eigenvalue weighted by Gasteiger charge is -2.31. The molecule has 1 aliphatic heterocycles. The van der Waals surface area contributed by atoms with Crippen molar-refractivity contribution >= 4 is 33.2 Å². The average Bonchev–Trinajstić information content (AvgIpc) is 3.03. The van der Waals surface area contributed by atoms with Crippen molar-refractivity contribution in [2.75, 3.05) is 16.8 Å².